The Hall–Kier alpha value is -1.93. The van der Waals surface area contributed by atoms with E-state index in [4.69, 9.17) is 0 Å². The number of rotatable bonds is 6. The molecule has 200 valence electrons. The van der Waals surface area contributed by atoms with E-state index in [2.05, 4.69) is 97.1 Å². The Morgan fingerprint density at radius 3 is 1.63 bits per heavy atom. The van der Waals surface area contributed by atoms with Crippen LogP contribution in [0.2, 0.25) is 0 Å². The number of aliphatic imine (C=N–C) groups is 1. The number of hydrogen-bond acceptors (Lipinski definition) is 2. The molecule has 0 heterocycles. The maximum absolute atomic E-state index is 10.2. The molecule has 0 atom stereocenters. The lowest BCUT2D eigenvalue weighted by molar-refractivity contribution is 0.112. The van der Waals surface area contributed by atoms with Crippen molar-refractivity contribution in [1.82, 2.24) is 0 Å². The van der Waals surface area contributed by atoms with Crippen molar-refractivity contribution < 1.29 is 4.79 Å². The van der Waals surface area contributed by atoms with E-state index in [0.717, 1.165) is 23.8 Å². The second-order valence-corrected chi connectivity index (χ2v) is 8.94. The van der Waals surface area contributed by atoms with Crippen molar-refractivity contribution in [3.8, 4) is 0 Å². The Morgan fingerprint density at radius 2 is 1.31 bits per heavy atom. The number of unbranched alkanes of at least 4 members (excludes halogenated alkanes) is 2. The van der Waals surface area contributed by atoms with Gasteiger partial charge < -0.3 is 0 Å². The lowest BCUT2D eigenvalue weighted by Gasteiger charge is -2.28. The van der Waals surface area contributed by atoms with Gasteiger partial charge in [0.05, 0.1) is 0 Å². The van der Waals surface area contributed by atoms with Crippen LogP contribution in [0.15, 0.2) is 47.5 Å². The average molecular weight is 504 g/mol. The number of benzene rings is 2. The molecule has 0 amide bonds. The van der Waals surface area contributed by atoms with E-state index in [1.54, 1.807) is 0 Å². The maximum atomic E-state index is 10.2. The summed E-state index contributed by atoms with van der Waals surface area (Å²) in [6.07, 6.45) is 8.63. The van der Waals surface area contributed by atoms with Crippen molar-refractivity contribution in [2.75, 3.05) is 13.4 Å². The van der Waals surface area contributed by atoms with Gasteiger partial charge in [-0.25, -0.2) is 0 Å². The molecule has 3 heteroatoms. The molecule has 0 fully saturated rings. The van der Waals surface area contributed by atoms with Gasteiger partial charge in [0.1, 0.15) is 6.29 Å². The zero-order valence-corrected chi connectivity index (χ0v) is 25.6. The largest absolute Gasteiger partial charge is 0.298 e. The summed E-state index contributed by atoms with van der Waals surface area (Å²) in [5, 5.41) is 0. The molecule has 0 N–H and O–H groups in total. The molecule has 2 rings (SSSR count). The molecular weight excluding hydrogens is 450 g/mol. The third-order valence-electron chi connectivity index (χ3n) is 5.70. The van der Waals surface area contributed by atoms with Crippen molar-refractivity contribution in [2.45, 2.75) is 107 Å². The van der Waals surface area contributed by atoms with Gasteiger partial charge in [0.2, 0.25) is 0 Å². The highest BCUT2D eigenvalue weighted by atomic mass is 35.5. The fourth-order valence-electron chi connectivity index (χ4n) is 3.27. The fraction of sp³-hybridized carbons (Fsp3) is 0.562. The van der Waals surface area contributed by atoms with Crippen molar-refractivity contribution in [2.24, 2.45) is 4.99 Å². The Labute approximate surface area is 223 Å². The van der Waals surface area contributed by atoms with E-state index in [0.29, 0.717) is 0 Å². The molecule has 0 saturated carbocycles. The molecule has 0 aliphatic rings. The van der Waals surface area contributed by atoms with Crippen molar-refractivity contribution in [1.29, 1.82) is 0 Å². The third kappa shape index (κ3) is 16.4. The Bertz CT molecular complexity index is 801. The van der Waals surface area contributed by atoms with Crippen LogP contribution in [0.5, 0.6) is 0 Å². The molecule has 0 unspecified atom stereocenters. The fourth-order valence-corrected chi connectivity index (χ4v) is 3.27. The van der Waals surface area contributed by atoms with Gasteiger partial charge in [-0.05, 0) is 43.9 Å². The Morgan fingerprint density at radius 1 is 0.829 bits per heavy atom. The molecule has 2 aromatic carbocycles. The average Bonchev–Trinajstić information content (AvgIpc) is 2.86. The molecule has 0 aromatic heterocycles. The Kier molecular flexibility index (Phi) is 25.6. The second-order valence-electron chi connectivity index (χ2n) is 8.94. The van der Waals surface area contributed by atoms with Gasteiger partial charge in [0.25, 0.3) is 0 Å². The number of alkyl halides is 1. The zero-order valence-electron chi connectivity index (χ0n) is 24.9. The van der Waals surface area contributed by atoms with E-state index >= 15 is 0 Å². The summed E-state index contributed by atoms with van der Waals surface area (Å²) in [6, 6.07) is 14.2. The highest BCUT2D eigenvalue weighted by molar-refractivity contribution is 6.15. The number of hydrogen-bond donors (Lipinski definition) is 0. The van der Waals surface area contributed by atoms with E-state index in [9.17, 15) is 4.79 Å². The van der Waals surface area contributed by atoms with Crippen LogP contribution in [0.4, 0.5) is 0 Å². The van der Waals surface area contributed by atoms with E-state index in [1.807, 2.05) is 38.2 Å². The highest BCUT2D eigenvalue weighted by Crippen LogP contribution is 2.29. The van der Waals surface area contributed by atoms with Gasteiger partial charge in [0.15, 0.2) is 0 Å². The van der Waals surface area contributed by atoms with Gasteiger partial charge in [-0.3, -0.25) is 9.79 Å². The van der Waals surface area contributed by atoms with Gasteiger partial charge >= 0.3 is 0 Å². The SMILES string of the molecule is CCC(=NC)C(C)(C)c1ccc(C)cc1C.CCCC.CCCC.CCl.Cc1ccccc1C=O. The number of halogens is 1. The number of nitrogens with zero attached hydrogens (tertiary/aromatic N) is 1. The van der Waals surface area contributed by atoms with Gasteiger partial charge in [0, 0.05) is 30.1 Å². The minimum Gasteiger partial charge on any atom is -0.298 e. The van der Waals surface area contributed by atoms with E-state index < -0.39 is 0 Å². The van der Waals surface area contributed by atoms with Crippen LogP contribution >= 0.6 is 11.6 Å². The molecule has 0 spiro atoms. The summed E-state index contributed by atoms with van der Waals surface area (Å²) in [7, 11) is 1.89. The summed E-state index contributed by atoms with van der Waals surface area (Å²) in [6.45, 7) is 21.7. The zero-order chi connectivity index (χ0) is 27.9. The normalized spacial score (nSPS) is 10.1. The number of aryl methyl sites for hydroxylation is 3. The van der Waals surface area contributed by atoms with Crippen LogP contribution in [-0.2, 0) is 5.41 Å². The third-order valence-corrected chi connectivity index (χ3v) is 5.70. The standard InChI is InChI=1S/C15H23N.C8H8O.2C4H10.CH3Cl/c1-7-14(16-6)15(4,5)13-9-8-11(2)10-12(13)3;1-7-4-2-3-5-8(7)6-9;2*1-3-4-2;1-2/h8-10H,7H2,1-6H3;2-6H,1H3;2*3-4H2,1-2H3;1H3. The van der Waals surface area contributed by atoms with Crippen molar-refractivity contribution in [3.63, 3.8) is 0 Å². The number of aldehydes is 1. The molecule has 2 aromatic rings. The molecule has 0 saturated heterocycles. The van der Waals surface area contributed by atoms with Crippen LogP contribution in [0.1, 0.15) is 113 Å². The first-order valence-corrected chi connectivity index (χ1v) is 13.8. The molecule has 0 aliphatic heterocycles. The maximum Gasteiger partial charge on any atom is 0.150 e. The Balaban J connectivity index is -0.000000452. The van der Waals surface area contributed by atoms with Gasteiger partial charge in [-0.15, -0.1) is 11.6 Å². The van der Waals surface area contributed by atoms with Gasteiger partial charge in [-0.2, -0.15) is 0 Å². The van der Waals surface area contributed by atoms with Crippen LogP contribution in [0.3, 0.4) is 0 Å². The monoisotopic (exact) mass is 503 g/mol. The van der Waals surface area contributed by atoms with Crippen molar-refractivity contribution in [3.05, 3.63) is 70.3 Å². The lowest BCUT2D eigenvalue weighted by atomic mass is 9.76. The molecule has 0 radical (unpaired) electrons. The molecule has 0 aliphatic carbocycles. The molecule has 2 nitrogen and oxygen atoms in total. The first-order valence-electron chi connectivity index (χ1n) is 13.0. The number of carbonyl (C=O) groups excluding carboxylic acids is 1. The highest BCUT2D eigenvalue weighted by Gasteiger charge is 2.26. The van der Waals surface area contributed by atoms with Crippen LogP contribution in [0.25, 0.3) is 0 Å². The van der Waals surface area contributed by atoms with Crippen molar-refractivity contribution >= 4 is 23.6 Å². The van der Waals surface area contributed by atoms with Gasteiger partial charge in [-0.1, -0.05) is 122 Å². The molecule has 0 bridgehead atoms. The van der Waals surface area contributed by atoms with Crippen LogP contribution in [0, 0.1) is 20.8 Å². The topological polar surface area (TPSA) is 29.4 Å². The summed E-state index contributed by atoms with van der Waals surface area (Å²) in [4.78, 5) is 14.7. The van der Waals surface area contributed by atoms with E-state index in [-0.39, 0.29) is 5.41 Å². The second kappa shape index (κ2) is 23.8. The molecule has 35 heavy (non-hydrogen) atoms. The predicted molar refractivity (Wildman–Crippen MR) is 162 cm³/mol. The summed E-state index contributed by atoms with van der Waals surface area (Å²) < 4.78 is 0. The van der Waals surface area contributed by atoms with E-state index in [1.165, 1.54) is 54.5 Å². The summed E-state index contributed by atoms with van der Waals surface area (Å²) in [5.74, 6) is 0. The summed E-state index contributed by atoms with van der Waals surface area (Å²) in [5.41, 5.74) is 7.19. The smallest absolute Gasteiger partial charge is 0.150 e. The minimum atomic E-state index is 0.0429. The minimum absolute atomic E-state index is 0.0429. The first kappa shape index (κ1) is 37.6. The molecular formula is C32H54ClNO. The quantitative estimate of drug-likeness (QED) is 0.219. The summed E-state index contributed by atoms with van der Waals surface area (Å²) >= 11 is 4.64. The number of carbonyl (C=O) groups is 1. The lowest BCUT2D eigenvalue weighted by Crippen LogP contribution is -2.29. The predicted octanol–water partition coefficient (Wildman–Crippen LogP) is 10.3. The van der Waals surface area contributed by atoms with Crippen LogP contribution < -0.4 is 0 Å². The first-order chi connectivity index (χ1) is 16.6. The van der Waals surface area contributed by atoms with Crippen LogP contribution in [-0.4, -0.2) is 25.4 Å².